The maximum Gasteiger partial charge on any atom is 0.278 e. The predicted octanol–water partition coefficient (Wildman–Crippen LogP) is 5.05. The first-order valence-electron chi connectivity index (χ1n) is 9.50. The second-order valence-corrected chi connectivity index (χ2v) is 8.64. The number of nitrogens with zero attached hydrogens (tertiary/aromatic N) is 2. The zero-order valence-corrected chi connectivity index (χ0v) is 19.2. The van der Waals surface area contributed by atoms with E-state index in [-0.39, 0.29) is 11.5 Å². The molecular formula is C23H28ClN3O3. The molecule has 7 heteroatoms. The van der Waals surface area contributed by atoms with Gasteiger partial charge in [-0.1, -0.05) is 32.4 Å². The van der Waals surface area contributed by atoms with Crippen molar-refractivity contribution in [3.8, 4) is 5.75 Å². The highest BCUT2D eigenvalue weighted by atomic mass is 35.5. The summed E-state index contributed by atoms with van der Waals surface area (Å²) in [4.78, 5) is 32.6. The lowest BCUT2D eigenvalue weighted by molar-refractivity contribution is -0.121. The quantitative estimate of drug-likeness (QED) is 0.515. The summed E-state index contributed by atoms with van der Waals surface area (Å²) in [6.45, 7) is 7.14. The van der Waals surface area contributed by atoms with Crippen molar-refractivity contribution in [3.05, 3.63) is 47.0 Å². The highest BCUT2D eigenvalue weighted by Gasteiger charge is 2.31. The second kappa shape index (κ2) is 9.30. The lowest BCUT2D eigenvalue weighted by Crippen LogP contribution is -2.37. The highest BCUT2D eigenvalue weighted by Crippen LogP contribution is 2.29. The Morgan fingerprint density at radius 1 is 1.10 bits per heavy atom. The zero-order chi connectivity index (χ0) is 22.6. The van der Waals surface area contributed by atoms with Crippen LogP contribution in [0.4, 0.5) is 17.1 Å². The van der Waals surface area contributed by atoms with Crippen LogP contribution in [0.3, 0.4) is 0 Å². The average molecular weight is 430 g/mol. The van der Waals surface area contributed by atoms with E-state index in [4.69, 9.17) is 16.3 Å². The number of hydrogen-bond acceptors (Lipinski definition) is 5. The van der Waals surface area contributed by atoms with Crippen molar-refractivity contribution < 1.29 is 14.3 Å². The van der Waals surface area contributed by atoms with Crippen molar-refractivity contribution in [1.82, 2.24) is 0 Å². The Morgan fingerprint density at radius 3 is 2.30 bits per heavy atom. The molecule has 30 heavy (non-hydrogen) atoms. The van der Waals surface area contributed by atoms with Gasteiger partial charge in [0.05, 0.1) is 18.5 Å². The molecule has 0 saturated carbocycles. The number of amides is 1. The smallest absolute Gasteiger partial charge is 0.278 e. The summed E-state index contributed by atoms with van der Waals surface area (Å²) >= 11 is 6.05. The standard InChI is InChI=1S/C23H28ClN3O3/c1-14-12-16(27(5)6)9-10-17(14)25-20(21(28)23(2,3)4)22(29)26-18-13-15(24)8-11-19(18)30-7/h8-13H,1-7H3,(H,26,29). The molecule has 0 aromatic heterocycles. The minimum Gasteiger partial charge on any atom is -0.495 e. The molecule has 2 aromatic rings. The Morgan fingerprint density at radius 2 is 1.77 bits per heavy atom. The average Bonchev–Trinajstić information content (AvgIpc) is 2.65. The third kappa shape index (κ3) is 5.60. The molecule has 6 nitrogen and oxygen atoms in total. The van der Waals surface area contributed by atoms with Gasteiger partial charge in [-0.25, -0.2) is 4.99 Å². The van der Waals surface area contributed by atoms with Gasteiger partial charge in [0.2, 0.25) is 0 Å². The summed E-state index contributed by atoms with van der Waals surface area (Å²) in [6.07, 6.45) is 0. The zero-order valence-electron chi connectivity index (χ0n) is 18.5. The summed E-state index contributed by atoms with van der Waals surface area (Å²) in [5, 5.41) is 3.15. The molecule has 0 aliphatic heterocycles. The molecule has 2 rings (SSSR count). The van der Waals surface area contributed by atoms with Gasteiger partial charge in [0.15, 0.2) is 11.5 Å². The fourth-order valence-electron chi connectivity index (χ4n) is 2.68. The van der Waals surface area contributed by atoms with Crippen LogP contribution in [0.25, 0.3) is 0 Å². The van der Waals surface area contributed by atoms with Gasteiger partial charge in [-0.15, -0.1) is 0 Å². The van der Waals surface area contributed by atoms with E-state index in [9.17, 15) is 9.59 Å². The molecule has 0 heterocycles. The predicted molar refractivity (Wildman–Crippen MR) is 124 cm³/mol. The number of rotatable bonds is 6. The number of Topliss-reactive ketones (excluding diaryl/α,β-unsaturated/α-hetero) is 1. The third-order valence-corrected chi connectivity index (χ3v) is 4.69. The summed E-state index contributed by atoms with van der Waals surface area (Å²) in [5.74, 6) is -0.550. The Hall–Kier alpha value is -2.86. The number of anilines is 2. The maximum atomic E-state index is 13.1. The highest BCUT2D eigenvalue weighted by molar-refractivity contribution is 6.68. The molecule has 0 fully saturated rings. The Bertz CT molecular complexity index is 992. The number of carbonyl (C=O) groups is 2. The molecule has 160 valence electrons. The minimum atomic E-state index is -0.786. The molecule has 0 bridgehead atoms. The molecule has 0 radical (unpaired) electrons. The molecule has 0 atom stereocenters. The van der Waals surface area contributed by atoms with E-state index in [1.165, 1.54) is 7.11 Å². The minimum absolute atomic E-state index is 0.176. The van der Waals surface area contributed by atoms with Crippen LogP contribution in [0.1, 0.15) is 26.3 Å². The van der Waals surface area contributed by atoms with Crippen LogP contribution in [0.2, 0.25) is 5.02 Å². The van der Waals surface area contributed by atoms with Crippen molar-refractivity contribution in [2.24, 2.45) is 10.4 Å². The lowest BCUT2D eigenvalue weighted by Gasteiger charge is -2.19. The van der Waals surface area contributed by atoms with E-state index < -0.39 is 11.3 Å². The van der Waals surface area contributed by atoms with Crippen molar-refractivity contribution in [3.63, 3.8) is 0 Å². The lowest BCUT2D eigenvalue weighted by atomic mass is 9.87. The van der Waals surface area contributed by atoms with E-state index in [0.717, 1.165) is 11.3 Å². The Kier molecular flexibility index (Phi) is 7.26. The molecule has 0 aliphatic rings. The molecule has 2 aromatic carbocycles. The SMILES string of the molecule is COc1ccc(Cl)cc1NC(=O)C(=Nc1ccc(N(C)C)cc1C)C(=O)C(C)(C)C. The number of halogens is 1. The van der Waals surface area contributed by atoms with Gasteiger partial charge in [0.25, 0.3) is 5.91 Å². The van der Waals surface area contributed by atoms with Gasteiger partial charge in [0, 0.05) is 30.2 Å². The normalized spacial score (nSPS) is 11.8. The molecule has 0 saturated heterocycles. The molecule has 0 unspecified atom stereocenters. The van der Waals surface area contributed by atoms with Crippen LogP contribution in [0.15, 0.2) is 41.4 Å². The monoisotopic (exact) mass is 429 g/mol. The summed E-state index contributed by atoms with van der Waals surface area (Å²) in [6, 6.07) is 10.5. The van der Waals surface area contributed by atoms with Gasteiger partial charge in [-0.2, -0.15) is 0 Å². The number of methoxy groups -OCH3 is 1. The fourth-order valence-corrected chi connectivity index (χ4v) is 2.86. The van der Waals surface area contributed by atoms with E-state index in [0.29, 0.717) is 22.1 Å². The number of benzene rings is 2. The van der Waals surface area contributed by atoms with Crippen LogP contribution >= 0.6 is 11.6 Å². The number of aliphatic imine (C=N–C) groups is 1. The van der Waals surface area contributed by atoms with E-state index in [1.807, 2.05) is 38.1 Å². The number of nitrogens with one attached hydrogen (secondary N) is 1. The second-order valence-electron chi connectivity index (χ2n) is 8.20. The van der Waals surface area contributed by atoms with Crippen molar-refractivity contribution in [2.75, 3.05) is 31.4 Å². The van der Waals surface area contributed by atoms with Crippen molar-refractivity contribution in [2.45, 2.75) is 27.7 Å². The number of ketones is 1. The van der Waals surface area contributed by atoms with E-state index in [1.54, 1.807) is 45.0 Å². The van der Waals surface area contributed by atoms with Gasteiger partial charge in [-0.05, 0) is 48.9 Å². The third-order valence-electron chi connectivity index (χ3n) is 4.45. The summed E-state index contributed by atoms with van der Waals surface area (Å²) < 4.78 is 5.28. The molecular weight excluding hydrogens is 402 g/mol. The van der Waals surface area contributed by atoms with E-state index >= 15 is 0 Å². The van der Waals surface area contributed by atoms with Crippen LogP contribution in [0.5, 0.6) is 5.75 Å². The number of hydrogen-bond donors (Lipinski definition) is 1. The van der Waals surface area contributed by atoms with Crippen LogP contribution in [0, 0.1) is 12.3 Å². The number of aryl methyl sites for hydroxylation is 1. The van der Waals surface area contributed by atoms with E-state index in [2.05, 4.69) is 10.3 Å². The summed E-state index contributed by atoms with van der Waals surface area (Å²) in [5.41, 5.74) is 1.82. The van der Waals surface area contributed by atoms with Crippen molar-refractivity contribution in [1.29, 1.82) is 0 Å². The first-order valence-corrected chi connectivity index (χ1v) is 9.88. The molecule has 1 N–H and O–H groups in total. The first kappa shape index (κ1) is 23.4. The molecule has 0 aliphatic carbocycles. The Balaban J connectivity index is 2.51. The fraction of sp³-hybridized carbons (Fsp3) is 0.348. The van der Waals surface area contributed by atoms with Crippen LogP contribution < -0.4 is 15.0 Å². The number of ether oxygens (including phenoxy) is 1. The summed E-state index contributed by atoms with van der Waals surface area (Å²) in [7, 11) is 5.38. The topological polar surface area (TPSA) is 71.0 Å². The maximum absolute atomic E-state index is 13.1. The van der Waals surface area contributed by atoms with Crippen molar-refractivity contribution >= 4 is 46.1 Å². The first-order chi connectivity index (χ1) is 13.9. The van der Waals surface area contributed by atoms with Crippen LogP contribution in [-0.4, -0.2) is 38.6 Å². The van der Waals surface area contributed by atoms with Gasteiger partial charge >= 0.3 is 0 Å². The van der Waals surface area contributed by atoms with Crippen LogP contribution in [-0.2, 0) is 9.59 Å². The van der Waals surface area contributed by atoms with Gasteiger partial charge in [-0.3, -0.25) is 9.59 Å². The largest absolute Gasteiger partial charge is 0.495 e. The van der Waals surface area contributed by atoms with Gasteiger partial charge in [0.1, 0.15) is 5.75 Å². The number of carbonyl (C=O) groups excluding carboxylic acids is 2. The Labute approximate surface area is 182 Å². The molecule has 0 spiro atoms. The molecule has 1 amide bonds. The van der Waals surface area contributed by atoms with Gasteiger partial charge < -0.3 is 15.0 Å².